The van der Waals surface area contributed by atoms with Gasteiger partial charge >= 0.3 is 12.3 Å². The minimum Gasteiger partial charge on any atom is -0.487 e. The van der Waals surface area contributed by atoms with Crippen molar-refractivity contribution < 1.29 is 31.8 Å². The average Bonchev–Trinajstić information content (AvgIpc) is 2.48. The molecule has 26 heavy (non-hydrogen) atoms. The lowest BCUT2D eigenvalue weighted by atomic mass is 10.1. The van der Waals surface area contributed by atoms with Crippen LogP contribution >= 0.6 is 0 Å². The molecule has 1 saturated heterocycles. The van der Waals surface area contributed by atoms with E-state index in [4.69, 9.17) is 15.2 Å². The van der Waals surface area contributed by atoms with Crippen LogP contribution in [0.5, 0.6) is 5.75 Å². The molecule has 2 N–H and O–H groups in total. The number of hydrogen-bond donors (Lipinski definition) is 1. The molecule has 0 saturated carbocycles. The molecule has 0 aromatic heterocycles. The van der Waals surface area contributed by atoms with Gasteiger partial charge in [0.25, 0.3) is 0 Å². The summed E-state index contributed by atoms with van der Waals surface area (Å²) in [5.41, 5.74) is 3.55. The van der Waals surface area contributed by atoms with E-state index < -0.39 is 41.5 Å². The molecule has 1 aliphatic heterocycles. The maximum atomic E-state index is 14.4. The van der Waals surface area contributed by atoms with Gasteiger partial charge in [0.05, 0.1) is 12.1 Å². The first-order valence-electron chi connectivity index (χ1n) is 8.12. The topological polar surface area (TPSA) is 64.8 Å². The molecule has 9 heteroatoms. The first-order chi connectivity index (χ1) is 11.9. The Hall–Kier alpha value is -2.19. The molecule has 1 aliphatic rings. The third kappa shape index (κ3) is 5.15. The third-order valence-electron chi connectivity index (χ3n) is 3.72. The van der Waals surface area contributed by atoms with Gasteiger partial charge in [0.2, 0.25) is 0 Å². The highest BCUT2D eigenvalue weighted by Crippen LogP contribution is 2.38. The Morgan fingerprint density at radius 1 is 1.27 bits per heavy atom. The van der Waals surface area contributed by atoms with Gasteiger partial charge in [-0.3, -0.25) is 0 Å². The van der Waals surface area contributed by atoms with Crippen LogP contribution in [0.2, 0.25) is 0 Å². The minimum atomic E-state index is -4.67. The number of rotatable bonds is 2. The molecular weight excluding hydrogens is 356 g/mol. The zero-order valence-corrected chi connectivity index (χ0v) is 14.8. The van der Waals surface area contributed by atoms with Gasteiger partial charge in [-0.2, -0.15) is 13.2 Å². The van der Waals surface area contributed by atoms with Crippen molar-refractivity contribution in [3.8, 4) is 5.75 Å². The highest BCUT2D eigenvalue weighted by atomic mass is 19.4. The molecule has 1 amide bonds. The van der Waals surface area contributed by atoms with E-state index in [1.807, 2.05) is 0 Å². The van der Waals surface area contributed by atoms with Gasteiger partial charge in [-0.25, -0.2) is 9.18 Å². The molecule has 1 aromatic rings. The molecule has 2 atom stereocenters. The van der Waals surface area contributed by atoms with Gasteiger partial charge < -0.3 is 20.1 Å². The number of amides is 1. The maximum absolute atomic E-state index is 14.4. The van der Waals surface area contributed by atoms with Crippen LogP contribution in [0.15, 0.2) is 18.2 Å². The molecule has 0 radical (unpaired) electrons. The van der Waals surface area contributed by atoms with Crippen molar-refractivity contribution in [3.05, 3.63) is 23.8 Å². The van der Waals surface area contributed by atoms with Crippen molar-refractivity contribution in [2.75, 3.05) is 18.8 Å². The molecule has 0 spiro atoms. The first kappa shape index (κ1) is 20.1. The van der Waals surface area contributed by atoms with E-state index in [9.17, 15) is 22.4 Å². The summed E-state index contributed by atoms with van der Waals surface area (Å²) in [5.74, 6) is -0.481. The summed E-state index contributed by atoms with van der Waals surface area (Å²) in [6, 6.07) is 3.08. The zero-order valence-electron chi connectivity index (χ0n) is 14.8. The average molecular weight is 378 g/mol. The van der Waals surface area contributed by atoms with Crippen LogP contribution in [0, 0.1) is 0 Å². The molecule has 0 bridgehead atoms. The van der Waals surface area contributed by atoms with Crippen LogP contribution < -0.4 is 10.5 Å². The van der Waals surface area contributed by atoms with E-state index in [0.717, 1.165) is 12.1 Å². The standard InChI is InChI=1S/C17H22F4N2O3/c1-16(2,3)26-15(24)23-7-6-14(12(18)9-23)25-13-5-4-10(22)8-11(13)17(19,20)21/h4-5,8,12,14H,6-7,9,22H2,1-3H3/t12-,14?/m1/s1. The summed E-state index contributed by atoms with van der Waals surface area (Å²) in [6.07, 6.45) is -8.04. The predicted molar refractivity (Wildman–Crippen MR) is 87.6 cm³/mol. The number of halogens is 4. The van der Waals surface area contributed by atoms with Crippen molar-refractivity contribution in [1.82, 2.24) is 4.90 Å². The highest BCUT2D eigenvalue weighted by molar-refractivity contribution is 5.68. The van der Waals surface area contributed by atoms with Crippen LogP contribution in [0.1, 0.15) is 32.8 Å². The SMILES string of the molecule is CC(C)(C)OC(=O)N1CCC(Oc2ccc(N)cc2C(F)(F)F)[C@H](F)C1. The van der Waals surface area contributed by atoms with Crippen LogP contribution in [-0.2, 0) is 10.9 Å². The second-order valence-electron chi connectivity index (χ2n) is 7.14. The van der Waals surface area contributed by atoms with Gasteiger partial charge in [0.1, 0.15) is 17.5 Å². The molecule has 1 fully saturated rings. The second kappa shape index (κ2) is 7.20. The summed E-state index contributed by atoms with van der Waals surface area (Å²) in [6.45, 7) is 4.88. The molecule has 5 nitrogen and oxygen atoms in total. The lowest BCUT2D eigenvalue weighted by Gasteiger charge is -2.35. The lowest BCUT2D eigenvalue weighted by molar-refractivity contribution is -0.139. The van der Waals surface area contributed by atoms with Crippen LogP contribution in [0.3, 0.4) is 0 Å². The Labute approximate surface area is 149 Å². The monoisotopic (exact) mass is 378 g/mol. The Morgan fingerprint density at radius 3 is 2.46 bits per heavy atom. The Balaban J connectivity index is 2.07. The fourth-order valence-corrected chi connectivity index (χ4v) is 2.54. The van der Waals surface area contributed by atoms with Crippen molar-refractivity contribution in [2.24, 2.45) is 0 Å². The van der Waals surface area contributed by atoms with Crippen LogP contribution in [0.4, 0.5) is 28.0 Å². The molecule has 1 aromatic carbocycles. The summed E-state index contributed by atoms with van der Waals surface area (Å²) in [4.78, 5) is 13.2. The van der Waals surface area contributed by atoms with Crippen molar-refractivity contribution >= 4 is 11.8 Å². The van der Waals surface area contributed by atoms with Gasteiger partial charge in [-0.15, -0.1) is 0 Å². The Bertz CT molecular complexity index is 658. The summed E-state index contributed by atoms with van der Waals surface area (Å²) in [5, 5.41) is 0. The Kier molecular flexibility index (Phi) is 5.58. The number of alkyl halides is 4. The number of anilines is 1. The van der Waals surface area contributed by atoms with Crippen molar-refractivity contribution in [3.63, 3.8) is 0 Å². The largest absolute Gasteiger partial charge is 0.487 e. The van der Waals surface area contributed by atoms with Gasteiger partial charge in [0, 0.05) is 18.7 Å². The van der Waals surface area contributed by atoms with Crippen LogP contribution in [0.25, 0.3) is 0 Å². The normalized spacial score (nSPS) is 21.4. The quantitative estimate of drug-likeness (QED) is 0.624. The van der Waals surface area contributed by atoms with E-state index >= 15 is 0 Å². The number of hydrogen-bond acceptors (Lipinski definition) is 4. The van der Waals surface area contributed by atoms with E-state index in [1.54, 1.807) is 20.8 Å². The van der Waals surface area contributed by atoms with Gasteiger partial charge in [-0.1, -0.05) is 0 Å². The van der Waals surface area contributed by atoms with Crippen LogP contribution in [-0.4, -0.2) is 42.0 Å². The summed E-state index contributed by atoms with van der Waals surface area (Å²) >= 11 is 0. The van der Waals surface area contributed by atoms with Gasteiger partial charge in [0.15, 0.2) is 6.17 Å². The molecular formula is C17H22F4N2O3. The molecule has 2 rings (SSSR count). The number of nitrogen functional groups attached to an aromatic ring is 1. The fraction of sp³-hybridized carbons (Fsp3) is 0.588. The zero-order chi connectivity index (χ0) is 19.7. The number of carbonyl (C=O) groups excluding carboxylic acids is 1. The highest BCUT2D eigenvalue weighted by Gasteiger charge is 2.38. The van der Waals surface area contributed by atoms with E-state index in [2.05, 4.69) is 0 Å². The third-order valence-corrected chi connectivity index (χ3v) is 3.72. The number of ether oxygens (including phenoxy) is 2. The number of carbonyl (C=O) groups is 1. The first-order valence-corrected chi connectivity index (χ1v) is 8.12. The number of piperidine rings is 1. The molecule has 0 aliphatic carbocycles. The second-order valence-corrected chi connectivity index (χ2v) is 7.14. The van der Waals surface area contributed by atoms with E-state index in [0.29, 0.717) is 0 Å². The Morgan fingerprint density at radius 2 is 1.92 bits per heavy atom. The van der Waals surface area contributed by atoms with E-state index in [-0.39, 0.29) is 25.2 Å². The molecule has 1 heterocycles. The lowest BCUT2D eigenvalue weighted by Crippen LogP contribution is -2.50. The summed E-state index contributed by atoms with van der Waals surface area (Å²) < 4.78 is 64.2. The molecule has 1 unspecified atom stereocenters. The molecule has 146 valence electrons. The van der Waals surface area contributed by atoms with Gasteiger partial charge in [-0.05, 0) is 39.0 Å². The van der Waals surface area contributed by atoms with Crippen molar-refractivity contribution in [2.45, 2.75) is 51.2 Å². The smallest absolute Gasteiger partial charge is 0.420 e. The summed E-state index contributed by atoms with van der Waals surface area (Å²) in [7, 11) is 0. The number of likely N-dealkylation sites (tertiary alicyclic amines) is 1. The number of nitrogens with two attached hydrogens (primary N) is 1. The predicted octanol–water partition coefficient (Wildman–Crippen LogP) is 4.01. The minimum absolute atomic E-state index is 0.0437. The fourth-order valence-electron chi connectivity index (χ4n) is 2.54. The number of benzene rings is 1. The van der Waals surface area contributed by atoms with Crippen molar-refractivity contribution in [1.29, 1.82) is 0 Å². The maximum Gasteiger partial charge on any atom is 0.420 e. The van der Waals surface area contributed by atoms with E-state index in [1.165, 1.54) is 11.0 Å². The number of nitrogens with zero attached hydrogens (tertiary/aromatic N) is 1.